The van der Waals surface area contributed by atoms with Crippen molar-refractivity contribution in [2.75, 3.05) is 10.6 Å². The predicted molar refractivity (Wildman–Crippen MR) is 192 cm³/mol. The van der Waals surface area contributed by atoms with Gasteiger partial charge in [0.2, 0.25) is 23.7 Å². The van der Waals surface area contributed by atoms with Crippen LogP contribution in [0.2, 0.25) is 0 Å². The highest BCUT2D eigenvalue weighted by atomic mass is 16.2. The van der Waals surface area contributed by atoms with Crippen molar-refractivity contribution < 1.29 is 19.2 Å². The van der Waals surface area contributed by atoms with E-state index in [4.69, 9.17) is 11.5 Å². The smallest absolute Gasteiger partial charge is 0.276 e. The molecule has 16 heteroatoms. The Morgan fingerprint density at radius 1 is 0.804 bits per heavy atom. The van der Waals surface area contributed by atoms with E-state index < -0.39 is 11.8 Å². The van der Waals surface area contributed by atoms with Gasteiger partial charge in [-0.3, -0.25) is 39.2 Å². The number of carbonyl (C=O) groups excluding carboxylic acids is 4. The number of fused-ring (bicyclic) bond motifs is 2. The number of aromatic nitrogens is 8. The van der Waals surface area contributed by atoms with E-state index in [2.05, 4.69) is 30.8 Å². The number of rotatable bonds is 12. The molecule has 6 N–H and O–H groups in total. The first-order chi connectivity index (χ1) is 24.4. The molecule has 4 heterocycles. The standard InChI is InChI=1S/C35H38N12O4/c1-6-24-23(18-44(5)43-24)32(50)40-34-38-25-16-21(30(36)48)10-11-27(25)45(34)12-8-9-13-46-29-19(3)14-22(31(37)49)17-26(29)39-35(46)41-33(51)28-15-20(4)42-47(28)7-2/h8-11,14-18H,6-7,12-13H2,1-5H3,(H2,36,48)(H2,37,49)(H,38,40,50)(H,39,41,51)/b9-8+. The Labute approximate surface area is 292 Å². The van der Waals surface area contributed by atoms with Gasteiger partial charge in [-0.2, -0.15) is 10.2 Å². The van der Waals surface area contributed by atoms with Crippen molar-refractivity contribution >= 4 is 57.6 Å². The number of carbonyl (C=O) groups is 4. The minimum Gasteiger partial charge on any atom is -0.366 e. The van der Waals surface area contributed by atoms with E-state index in [1.165, 1.54) is 0 Å². The molecule has 0 aliphatic carbocycles. The van der Waals surface area contributed by atoms with Crippen molar-refractivity contribution in [3.8, 4) is 0 Å². The van der Waals surface area contributed by atoms with Crippen LogP contribution in [0.25, 0.3) is 22.1 Å². The molecule has 262 valence electrons. The summed E-state index contributed by atoms with van der Waals surface area (Å²) >= 11 is 0. The first-order valence-corrected chi connectivity index (χ1v) is 16.3. The predicted octanol–water partition coefficient (Wildman–Crippen LogP) is 3.47. The number of aryl methyl sites for hydroxylation is 5. The maximum Gasteiger partial charge on any atom is 0.276 e. The quantitative estimate of drug-likeness (QED) is 0.139. The minimum atomic E-state index is -0.595. The van der Waals surface area contributed by atoms with Crippen LogP contribution in [0.5, 0.6) is 0 Å². The monoisotopic (exact) mass is 690 g/mol. The molecule has 6 aromatic rings. The lowest BCUT2D eigenvalue weighted by Gasteiger charge is -2.11. The average molecular weight is 691 g/mol. The summed E-state index contributed by atoms with van der Waals surface area (Å²) in [6.07, 6.45) is 6.01. The molecule has 6 rings (SSSR count). The molecule has 4 aromatic heterocycles. The number of nitrogens with one attached hydrogen (secondary N) is 2. The molecule has 0 fully saturated rings. The topological polar surface area (TPSA) is 216 Å². The zero-order valence-corrected chi connectivity index (χ0v) is 28.9. The van der Waals surface area contributed by atoms with Crippen molar-refractivity contribution in [2.24, 2.45) is 18.5 Å². The summed E-state index contributed by atoms with van der Waals surface area (Å²) in [6, 6.07) is 9.91. The van der Waals surface area contributed by atoms with Gasteiger partial charge in [0, 0.05) is 44.0 Å². The SMILES string of the molecule is CCc1nn(C)cc1C(=O)Nc1nc2cc(C(N)=O)ccc2n1C/C=C/Cn1c(NC(=O)c2cc(C)nn2CC)nc2cc(C(N)=O)cc(C)c21. The number of nitrogens with two attached hydrogens (primary N) is 2. The Morgan fingerprint density at radius 3 is 2.14 bits per heavy atom. The third kappa shape index (κ3) is 6.70. The van der Waals surface area contributed by atoms with Crippen LogP contribution >= 0.6 is 0 Å². The van der Waals surface area contributed by atoms with Gasteiger partial charge in [-0.05, 0) is 69.2 Å². The highest BCUT2D eigenvalue weighted by Gasteiger charge is 2.21. The van der Waals surface area contributed by atoms with E-state index in [-0.39, 0.29) is 42.4 Å². The summed E-state index contributed by atoms with van der Waals surface area (Å²) in [5.74, 6) is -1.39. The summed E-state index contributed by atoms with van der Waals surface area (Å²) in [4.78, 5) is 60.1. The summed E-state index contributed by atoms with van der Waals surface area (Å²) < 4.78 is 6.85. The van der Waals surface area contributed by atoms with E-state index in [9.17, 15) is 19.2 Å². The Morgan fingerprint density at radius 2 is 1.45 bits per heavy atom. The number of imidazole rings is 2. The zero-order valence-electron chi connectivity index (χ0n) is 28.9. The van der Waals surface area contributed by atoms with Crippen LogP contribution < -0.4 is 22.1 Å². The number of nitrogens with zero attached hydrogens (tertiary/aromatic N) is 8. The molecule has 51 heavy (non-hydrogen) atoms. The fourth-order valence-electron chi connectivity index (χ4n) is 6.11. The van der Waals surface area contributed by atoms with E-state index >= 15 is 0 Å². The normalized spacial score (nSPS) is 11.5. The lowest BCUT2D eigenvalue weighted by molar-refractivity contribution is 0.0992. The first kappa shape index (κ1) is 34.3. The van der Waals surface area contributed by atoms with Crippen molar-refractivity contribution in [3.63, 3.8) is 0 Å². The van der Waals surface area contributed by atoms with Crippen LogP contribution in [-0.2, 0) is 33.1 Å². The van der Waals surface area contributed by atoms with E-state index in [1.807, 2.05) is 49.0 Å². The number of anilines is 2. The molecule has 0 radical (unpaired) electrons. The number of benzene rings is 2. The largest absolute Gasteiger partial charge is 0.366 e. The molecule has 0 aliphatic heterocycles. The van der Waals surface area contributed by atoms with Crippen LogP contribution in [0.15, 0.2) is 54.7 Å². The minimum absolute atomic E-state index is 0.269. The zero-order chi connectivity index (χ0) is 36.6. The van der Waals surface area contributed by atoms with Crippen molar-refractivity contribution in [1.29, 1.82) is 0 Å². The second kappa shape index (κ2) is 13.7. The molecule has 0 unspecified atom stereocenters. The molecule has 4 amide bonds. The number of amides is 4. The van der Waals surface area contributed by atoms with E-state index in [0.717, 1.165) is 5.56 Å². The van der Waals surface area contributed by atoms with Gasteiger partial charge in [0.15, 0.2) is 0 Å². The van der Waals surface area contributed by atoms with Gasteiger partial charge >= 0.3 is 0 Å². The van der Waals surface area contributed by atoms with Gasteiger partial charge in [-0.25, -0.2) is 9.97 Å². The van der Waals surface area contributed by atoms with Crippen LogP contribution in [0, 0.1) is 13.8 Å². The molecule has 0 saturated heterocycles. The van der Waals surface area contributed by atoms with E-state index in [0.29, 0.717) is 63.2 Å². The van der Waals surface area contributed by atoms with Crippen molar-refractivity contribution in [1.82, 2.24) is 38.7 Å². The Kier molecular flexibility index (Phi) is 9.24. The van der Waals surface area contributed by atoms with Gasteiger partial charge < -0.3 is 20.6 Å². The summed E-state index contributed by atoms with van der Waals surface area (Å²) in [6.45, 7) is 8.55. The Balaban J connectivity index is 1.34. The number of hydrogen-bond donors (Lipinski definition) is 4. The molecular formula is C35H38N12O4. The molecule has 0 aliphatic rings. The fourth-order valence-corrected chi connectivity index (χ4v) is 6.11. The molecule has 0 spiro atoms. The summed E-state index contributed by atoms with van der Waals surface area (Å²) in [5.41, 5.74) is 17.0. The molecule has 16 nitrogen and oxygen atoms in total. The van der Waals surface area contributed by atoms with Crippen molar-refractivity contribution in [3.05, 3.63) is 94.1 Å². The van der Waals surface area contributed by atoms with Gasteiger partial charge in [-0.15, -0.1) is 0 Å². The number of allylic oxidation sites excluding steroid dienone is 2. The van der Waals surface area contributed by atoms with Crippen molar-refractivity contribution in [2.45, 2.75) is 53.8 Å². The maximum absolute atomic E-state index is 13.4. The second-order valence-electron chi connectivity index (χ2n) is 12.1. The maximum atomic E-state index is 13.4. The van der Waals surface area contributed by atoms with Gasteiger partial charge in [0.05, 0.1) is 39.0 Å². The van der Waals surface area contributed by atoms with Gasteiger partial charge in [0.1, 0.15) is 5.69 Å². The highest BCUT2D eigenvalue weighted by molar-refractivity contribution is 6.05. The average Bonchev–Trinajstić information content (AvgIpc) is 3.85. The molecule has 0 atom stereocenters. The highest BCUT2D eigenvalue weighted by Crippen LogP contribution is 2.26. The summed E-state index contributed by atoms with van der Waals surface area (Å²) in [7, 11) is 1.75. The van der Waals surface area contributed by atoms with Gasteiger partial charge in [-0.1, -0.05) is 19.1 Å². The third-order valence-corrected chi connectivity index (χ3v) is 8.46. The molecular weight excluding hydrogens is 652 g/mol. The lowest BCUT2D eigenvalue weighted by Crippen LogP contribution is -2.20. The molecule has 0 saturated carbocycles. The fraction of sp³-hybridized carbons (Fsp3) is 0.257. The van der Waals surface area contributed by atoms with Crippen LogP contribution in [0.4, 0.5) is 11.9 Å². The number of hydrogen-bond acceptors (Lipinski definition) is 8. The first-order valence-electron chi connectivity index (χ1n) is 16.3. The van der Waals surface area contributed by atoms with Crippen LogP contribution in [-0.4, -0.2) is 62.3 Å². The molecule has 0 bridgehead atoms. The van der Waals surface area contributed by atoms with Gasteiger partial charge in [0.25, 0.3) is 11.8 Å². The van der Waals surface area contributed by atoms with Crippen LogP contribution in [0.3, 0.4) is 0 Å². The lowest BCUT2D eigenvalue weighted by atomic mass is 10.1. The summed E-state index contributed by atoms with van der Waals surface area (Å²) in [5, 5.41) is 14.6. The molecule has 2 aromatic carbocycles. The third-order valence-electron chi connectivity index (χ3n) is 8.46. The number of primary amides is 2. The Hall–Kier alpha value is -6.58. The van der Waals surface area contributed by atoms with Crippen LogP contribution in [0.1, 0.15) is 72.4 Å². The van der Waals surface area contributed by atoms with E-state index in [1.54, 1.807) is 59.0 Å². The Bertz CT molecular complexity index is 2390. The second-order valence-corrected chi connectivity index (χ2v) is 12.1.